The Morgan fingerprint density at radius 3 is 2.65 bits per heavy atom. The zero-order chi connectivity index (χ0) is 14.3. The third kappa shape index (κ3) is 2.00. The Bertz CT molecular complexity index is 873. The molecule has 0 saturated heterocycles. The summed E-state index contributed by atoms with van der Waals surface area (Å²) in [5, 5.41) is 1.30. The minimum Gasteiger partial charge on any atom is -0.385 e. The fourth-order valence-corrected chi connectivity index (χ4v) is 2.61. The van der Waals surface area contributed by atoms with Gasteiger partial charge >= 0.3 is 0 Å². The van der Waals surface area contributed by atoms with Crippen LogP contribution in [0.3, 0.4) is 0 Å². The molecule has 0 fully saturated rings. The van der Waals surface area contributed by atoms with Gasteiger partial charge in [-0.3, -0.25) is 9.36 Å². The van der Waals surface area contributed by atoms with Crippen LogP contribution >= 0.6 is 15.9 Å². The van der Waals surface area contributed by atoms with Crippen molar-refractivity contribution in [2.45, 2.75) is 0 Å². The van der Waals surface area contributed by atoms with Crippen LogP contribution in [-0.4, -0.2) is 4.57 Å². The van der Waals surface area contributed by atoms with Crippen LogP contribution in [0.15, 0.2) is 57.8 Å². The third-order valence-corrected chi connectivity index (χ3v) is 3.78. The number of aromatic nitrogens is 1. The number of nitrogens with two attached hydrogens (primary N) is 1. The molecule has 100 valence electrons. The van der Waals surface area contributed by atoms with E-state index in [1.165, 1.54) is 16.7 Å². The molecule has 0 spiro atoms. The Hall–Kier alpha value is -2.14. The van der Waals surface area contributed by atoms with Crippen LogP contribution in [0.5, 0.6) is 0 Å². The molecule has 1 aromatic heterocycles. The summed E-state index contributed by atoms with van der Waals surface area (Å²) in [6.45, 7) is 0. The summed E-state index contributed by atoms with van der Waals surface area (Å²) in [6.07, 6.45) is 0. The van der Waals surface area contributed by atoms with Crippen molar-refractivity contribution in [1.29, 1.82) is 0 Å². The average Bonchev–Trinajstić information content (AvgIpc) is 2.42. The van der Waals surface area contributed by atoms with Crippen molar-refractivity contribution in [3.05, 3.63) is 69.2 Å². The quantitative estimate of drug-likeness (QED) is 0.741. The van der Waals surface area contributed by atoms with Crippen molar-refractivity contribution in [2.24, 2.45) is 0 Å². The number of fused-ring (bicyclic) bond motifs is 1. The van der Waals surface area contributed by atoms with E-state index < -0.39 is 5.82 Å². The maximum atomic E-state index is 13.4. The molecule has 0 unspecified atom stereocenters. The van der Waals surface area contributed by atoms with Gasteiger partial charge in [-0.2, -0.15) is 0 Å². The molecular formula is C15H10BrFN2O. The lowest BCUT2D eigenvalue weighted by atomic mass is 10.1. The summed E-state index contributed by atoms with van der Waals surface area (Å²) >= 11 is 3.32. The first kappa shape index (κ1) is 12.9. The van der Waals surface area contributed by atoms with Crippen LogP contribution in [0.1, 0.15) is 0 Å². The highest BCUT2D eigenvalue weighted by molar-refractivity contribution is 9.10. The largest absolute Gasteiger partial charge is 0.385 e. The van der Waals surface area contributed by atoms with E-state index in [2.05, 4.69) is 15.9 Å². The SMILES string of the molecule is Nc1cc2ccccc2c(=O)n1-c1cc(F)ccc1Br. The lowest BCUT2D eigenvalue weighted by Gasteiger charge is -2.13. The smallest absolute Gasteiger partial charge is 0.264 e. The maximum absolute atomic E-state index is 13.4. The Labute approximate surface area is 122 Å². The van der Waals surface area contributed by atoms with Gasteiger partial charge in [0.15, 0.2) is 0 Å². The summed E-state index contributed by atoms with van der Waals surface area (Å²) in [7, 11) is 0. The molecule has 3 aromatic rings. The van der Waals surface area contributed by atoms with E-state index in [-0.39, 0.29) is 11.4 Å². The van der Waals surface area contributed by atoms with Crippen molar-refractivity contribution >= 4 is 32.5 Å². The molecule has 0 saturated carbocycles. The number of hydrogen-bond acceptors (Lipinski definition) is 2. The molecule has 20 heavy (non-hydrogen) atoms. The summed E-state index contributed by atoms with van der Waals surface area (Å²) in [5.74, 6) is -0.164. The molecular weight excluding hydrogens is 323 g/mol. The molecule has 0 amide bonds. The van der Waals surface area contributed by atoms with Gasteiger partial charge in [0.1, 0.15) is 11.6 Å². The monoisotopic (exact) mass is 332 g/mol. The first-order chi connectivity index (χ1) is 9.58. The topological polar surface area (TPSA) is 48.0 Å². The molecule has 1 heterocycles. The minimum absolute atomic E-state index is 0.264. The van der Waals surface area contributed by atoms with Gasteiger partial charge in [0, 0.05) is 9.86 Å². The molecule has 3 rings (SSSR count). The third-order valence-electron chi connectivity index (χ3n) is 3.10. The molecule has 2 N–H and O–H groups in total. The second-order valence-corrected chi connectivity index (χ2v) is 5.25. The highest BCUT2D eigenvalue weighted by Crippen LogP contribution is 2.24. The van der Waals surface area contributed by atoms with E-state index in [1.807, 2.05) is 12.1 Å². The number of nitrogen functional groups attached to an aromatic ring is 1. The van der Waals surface area contributed by atoms with Crippen LogP contribution in [0.4, 0.5) is 10.2 Å². The summed E-state index contributed by atoms with van der Waals surface area (Å²) in [5.41, 5.74) is 6.07. The Kier molecular flexibility index (Phi) is 3.06. The number of nitrogens with zero attached hydrogens (tertiary/aromatic N) is 1. The van der Waals surface area contributed by atoms with Crippen molar-refractivity contribution in [3.8, 4) is 5.69 Å². The van der Waals surface area contributed by atoms with E-state index in [0.717, 1.165) is 5.39 Å². The highest BCUT2D eigenvalue weighted by Gasteiger charge is 2.12. The van der Waals surface area contributed by atoms with Gasteiger partial charge in [0.2, 0.25) is 0 Å². The number of benzene rings is 2. The van der Waals surface area contributed by atoms with Gasteiger partial charge in [-0.05, 0) is 51.6 Å². The molecule has 0 atom stereocenters. The van der Waals surface area contributed by atoms with Gasteiger partial charge in [-0.15, -0.1) is 0 Å². The molecule has 0 radical (unpaired) electrons. The fraction of sp³-hybridized carbons (Fsp3) is 0. The first-order valence-corrected chi connectivity index (χ1v) is 6.73. The van der Waals surface area contributed by atoms with Gasteiger partial charge in [0.05, 0.1) is 5.69 Å². The number of pyridine rings is 1. The fourth-order valence-electron chi connectivity index (χ4n) is 2.18. The molecule has 0 aliphatic carbocycles. The lowest BCUT2D eigenvalue weighted by molar-refractivity contribution is 0.626. The summed E-state index contributed by atoms with van der Waals surface area (Å²) in [6, 6.07) is 13.0. The second-order valence-electron chi connectivity index (χ2n) is 4.39. The first-order valence-electron chi connectivity index (χ1n) is 5.93. The average molecular weight is 333 g/mol. The normalized spacial score (nSPS) is 10.9. The van der Waals surface area contributed by atoms with Crippen molar-refractivity contribution in [1.82, 2.24) is 4.57 Å². The van der Waals surface area contributed by atoms with Gasteiger partial charge in [0.25, 0.3) is 5.56 Å². The summed E-state index contributed by atoms with van der Waals surface area (Å²) < 4.78 is 15.3. The van der Waals surface area contributed by atoms with E-state index in [9.17, 15) is 9.18 Å². The van der Waals surface area contributed by atoms with Crippen molar-refractivity contribution < 1.29 is 4.39 Å². The maximum Gasteiger partial charge on any atom is 0.264 e. The highest BCUT2D eigenvalue weighted by atomic mass is 79.9. The van der Waals surface area contributed by atoms with Crippen LogP contribution in [-0.2, 0) is 0 Å². The molecule has 2 aromatic carbocycles. The Balaban J connectivity index is 2.42. The lowest BCUT2D eigenvalue weighted by Crippen LogP contribution is -2.21. The number of rotatable bonds is 1. The minimum atomic E-state index is -0.428. The zero-order valence-electron chi connectivity index (χ0n) is 10.3. The molecule has 0 aliphatic heterocycles. The van der Waals surface area contributed by atoms with Crippen molar-refractivity contribution in [3.63, 3.8) is 0 Å². The molecule has 5 heteroatoms. The second kappa shape index (κ2) is 4.76. The van der Waals surface area contributed by atoms with Gasteiger partial charge in [-0.25, -0.2) is 4.39 Å². The zero-order valence-corrected chi connectivity index (χ0v) is 11.9. The van der Waals surface area contributed by atoms with Crippen LogP contribution < -0.4 is 11.3 Å². The van der Waals surface area contributed by atoms with Crippen LogP contribution in [0, 0.1) is 5.82 Å². The Morgan fingerprint density at radius 2 is 1.85 bits per heavy atom. The summed E-state index contributed by atoms with van der Waals surface area (Å²) in [4.78, 5) is 12.6. The van der Waals surface area contributed by atoms with E-state index in [1.54, 1.807) is 24.3 Å². The van der Waals surface area contributed by atoms with Gasteiger partial charge in [-0.1, -0.05) is 18.2 Å². The Morgan fingerprint density at radius 1 is 1.10 bits per heavy atom. The van der Waals surface area contributed by atoms with E-state index >= 15 is 0 Å². The van der Waals surface area contributed by atoms with E-state index in [4.69, 9.17) is 5.73 Å². The molecule has 0 aliphatic rings. The predicted octanol–water partition coefficient (Wildman–Crippen LogP) is 3.47. The number of hydrogen-bond donors (Lipinski definition) is 1. The number of halogens is 2. The predicted molar refractivity (Wildman–Crippen MR) is 81.6 cm³/mol. The van der Waals surface area contributed by atoms with Crippen LogP contribution in [0.25, 0.3) is 16.5 Å². The van der Waals surface area contributed by atoms with Crippen molar-refractivity contribution in [2.75, 3.05) is 5.73 Å². The standard InChI is InChI=1S/C15H10BrFN2O/c16-12-6-5-10(17)8-13(12)19-14(18)7-9-3-1-2-4-11(9)15(19)20/h1-8H,18H2. The van der Waals surface area contributed by atoms with Crippen LogP contribution in [0.2, 0.25) is 0 Å². The molecule has 0 bridgehead atoms. The number of anilines is 1. The van der Waals surface area contributed by atoms with E-state index in [0.29, 0.717) is 15.5 Å². The molecule has 3 nitrogen and oxygen atoms in total. The van der Waals surface area contributed by atoms with Gasteiger partial charge < -0.3 is 5.73 Å².